The zero-order chi connectivity index (χ0) is 11.1. The minimum absolute atomic E-state index is 0.206. The van der Waals surface area contributed by atoms with E-state index in [1.165, 1.54) is 16.8 Å². The summed E-state index contributed by atoms with van der Waals surface area (Å²) in [5.41, 5.74) is 3.15. The van der Waals surface area contributed by atoms with Crippen LogP contribution in [0.2, 0.25) is 0 Å². The van der Waals surface area contributed by atoms with Crippen LogP contribution in [0.25, 0.3) is 0 Å². The lowest BCUT2D eigenvalue weighted by Gasteiger charge is -2.44. The highest BCUT2D eigenvalue weighted by molar-refractivity contribution is 5.57. The maximum atomic E-state index is 9.95. The fourth-order valence-electron chi connectivity index (χ4n) is 2.15. The molecule has 1 aliphatic rings. The third-order valence-electron chi connectivity index (χ3n) is 3.49. The maximum Gasteiger partial charge on any atom is 0.0820 e. The molecule has 1 saturated carbocycles. The van der Waals surface area contributed by atoms with E-state index in [2.05, 4.69) is 37.4 Å². The molecule has 2 N–H and O–H groups in total. The van der Waals surface area contributed by atoms with Gasteiger partial charge < -0.3 is 10.4 Å². The first kappa shape index (κ1) is 10.5. The van der Waals surface area contributed by atoms with Crippen LogP contribution < -0.4 is 5.32 Å². The summed E-state index contributed by atoms with van der Waals surface area (Å²) in [5, 5.41) is 13.4. The van der Waals surface area contributed by atoms with E-state index in [0.29, 0.717) is 0 Å². The lowest BCUT2D eigenvalue weighted by atomic mass is 9.76. The molecule has 15 heavy (non-hydrogen) atoms. The van der Waals surface area contributed by atoms with Gasteiger partial charge in [0.2, 0.25) is 0 Å². The van der Waals surface area contributed by atoms with Crippen LogP contribution in [0.5, 0.6) is 0 Å². The molecule has 2 nitrogen and oxygen atoms in total. The first-order valence-electron chi connectivity index (χ1n) is 5.56. The van der Waals surface area contributed by atoms with Crippen molar-refractivity contribution in [3.05, 3.63) is 29.3 Å². The van der Waals surface area contributed by atoms with Crippen molar-refractivity contribution in [3.63, 3.8) is 0 Å². The van der Waals surface area contributed by atoms with Crippen LogP contribution in [0.4, 0.5) is 5.69 Å². The summed E-state index contributed by atoms with van der Waals surface area (Å²) in [5.74, 6) is 0. The van der Waals surface area contributed by atoms with Crippen molar-refractivity contribution in [2.24, 2.45) is 0 Å². The average molecular weight is 205 g/mol. The van der Waals surface area contributed by atoms with Crippen LogP contribution in [0.15, 0.2) is 18.2 Å². The summed E-state index contributed by atoms with van der Waals surface area (Å²) < 4.78 is 0. The van der Waals surface area contributed by atoms with E-state index in [4.69, 9.17) is 0 Å². The van der Waals surface area contributed by atoms with E-state index in [0.717, 1.165) is 12.8 Å². The Morgan fingerprint density at radius 2 is 1.93 bits per heavy atom. The van der Waals surface area contributed by atoms with Crippen LogP contribution in [0, 0.1) is 13.8 Å². The fraction of sp³-hybridized carbons (Fsp3) is 0.538. The fourth-order valence-corrected chi connectivity index (χ4v) is 2.15. The number of benzene rings is 1. The van der Waals surface area contributed by atoms with Crippen LogP contribution >= 0.6 is 0 Å². The number of para-hydroxylation sites is 1. The Labute approximate surface area is 91.3 Å². The molecule has 0 radical (unpaired) electrons. The number of nitrogens with one attached hydrogen (secondary N) is 1. The lowest BCUT2D eigenvalue weighted by molar-refractivity contribution is -0.0286. The van der Waals surface area contributed by atoms with Gasteiger partial charge in [0, 0.05) is 5.69 Å². The van der Waals surface area contributed by atoms with Gasteiger partial charge in [0.25, 0.3) is 0 Å². The van der Waals surface area contributed by atoms with Crippen LogP contribution in [0.1, 0.15) is 30.9 Å². The Morgan fingerprint density at radius 1 is 1.33 bits per heavy atom. The Bertz CT molecular complexity index is 351. The Kier molecular flexibility index (Phi) is 2.47. The van der Waals surface area contributed by atoms with Crippen LogP contribution in [0.3, 0.4) is 0 Å². The van der Waals surface area contributed by atoms with Crippen LogP contribution in [-0.4, -0.2) is 16.7 Å². The van der Waals surface area contributed by atoms with Gasteiger partial charge in [-0.25, -0.2) is 0 Å². The van der Waals surface area contributed by atoms with Gasteiger partial charge >= 0.3 is 0 Å². The summed E-state index contributed by atoms with van der Waals surface area (Å²) in [6, 6.07) is 6.47. The number of hydrogen-bond acceptors (Lipinski definition) is 2. The van der Waals surface area contributed by atoms with Gasteiger partial charge in [0.1, 0.15) is 0 Å². The Hall–Kier alpha value is -1.02. The molecular formula is C13H19NO. The molecule has 1 fully saturated rings. The van der Waals surface area contributed by atoms with Crippen LogP contribution in [-0.2, 0) is 0 Å². The third kappa shape index (κ3) is 1.86. The van der Waals surface area contributed by atoms with Gasteiger partial charge in [-0.3, -0.25) is 0 Å². The monoisotopic (exact) mass is 205 g/mol. The summed E-state index contributed by atoms with van der Waals surface area (Å²) in [6.07, 6.45) is 1.95. The standard InChI is InChI=1S/C13H19NO/c1-9-5-4-6-10(2)12(9)14-11-7-8-13(11,3)15/h4-6,11,14-15H,7-8H2,1-3H3/t11-,13-/m0/s1. The molecule has 0 saturated heterocycles. The predicted octanol–water partition coefficient (Wildman–Crippen LogP) is 2.63. The molecule has 0 aromatic heterocycles. The first-order chi connectivity index (χ1) is 7.00. The van der Waals surface area contributed by atoms with E-state index in [1.54, 1.807) is 0 Å². The second kappa shape index (κ2) is 3.53. The molecule has 1 aromatic rings. The SMILES string of the molecule is Cc1cccc(C)c1N[C@H]1CC[C@]1(C)O. The maximum absolute atomic E-state index is 9.95. The van der Waals surface area contributed by atoms with E-state index >= 15 is 0 Å². The molecule has 0 aliphatic heterocycles. The van der Waals surface area contributed by atoms with Crippen molar-refractivity contribution >= 4 is 5.69 Å². The summed E-state index contributed by atoms with van der Waals surface area (Å²) >= 11 is 0. The smallest absolute Gasteiger partial charge is 0.0820 e. The normalized spacial score (nSPS) is 29.7. The molecule has 82 valence electrons. The number of hydrogen-bond donors (Lipinski definition) is 2. The number of aryl methyl sites for hydroxylation is 2. The second-order valence-corrected chi connectivity index (χ2v) is 4.86. The molecule has 2 rings (SSSR count). The molecule has 1 aliphatic carbocycles. The quantitative estimate of drug-likeness (QED) is 0.778. The Balaban J connectivity index is 2.18. The van der Waals surface area contributed by atoms with Crippen molar-refractivity contribution in [3.8, 4) is 0 Å². The van der Waals surface area contributed by atoms with Crippen molar-refractivity contribution in [1.82, 2.24) is 0 Å². The zero-order valence-corrected chi connectivity index (χ0v) is 9.67. The van der Waals surface area contributed by atoms with Crippen molar-refractivity contribution < 1.29 is 5.11 Å². The summed E-state index contributed by atoms with van der Waals surface area (Å²) in [6.45, 7) is 6.10. The largest absolute Gasteiger partial charge is 0.388 e. The van der Waals surface area contributed by atoms with Crippen molar-refractivity contribution in [2.75, 3.05) is 5.32 Å². The van der Waals surface area contributed by atoms with Gasteiger partial charge in [-0.05, 0) is 44.7 Å². The third-order valence-corrected chi connectivity index (χ3v) is 3.49. The number of anilines is 1. The molecule has 1 aromatic carbocycles. The van der Waals surface area contributed by atoms with Gasteiger partial charge in [0.05, 0.1) is 11.6 Å². The average Bonchev–Trinajstić information content (AvgIpc) is 2.15. The summed E-state index contributed by atoms with van der Waals surface area (Å²) in [4.78, 5) is 0. The lowest BCUT2D eigenvalue weighted by Crippen LogP contribution is -2.53. The highest BCUT2D eigenvalue weighted by atomic mass is 16.3. The molecule has 0 unspecified atom stereocenters. The number of aliphatic hydroxyl groups is 1. The van der Waals surface area contributed by atoms with E-state index in [9.17, 15) is 5.11 Å². The van der Waals surface area contributed by atoms with Gasteiger partial charge in [-0.2, -0.15) is 0 Å². The summed E-state index contributed by atoms with van der Waals surface area (Å²) in [7, 11) is 0. The topological polar surface area (TPSA) is 32.3 Å². The molecular weight excluding hydrogens is 186 g/mol. The molecule has 0 spiro atoms. The van der Waals surface area contributed by atoms with Crippen molar-refractivity contribution in [2.45, 2.75) is 45.3 Å². The predicted molar refractivity (Wildman–Crippen MR) is 63.2 cm³/mol. The first-order valence-corrected chi connectivity index (χ1v) is 5.56. The zero-order valence-electron chi connectivity index (χ0n) is 9.67. The van der Waals surface area contributed by atoms with E-state index < -0.39 is 5.60 Å². The molecule has 0 amide bonds. The van der Waals surface area contributed by atoms with Gasteiger partial charge in [-0.1, -0.05) is 18.2 Å². The minimum atomic E-state index is -0.533. The number of rotatable bonds is 2. The highest BCUT2D eigenvalue weighted by Crippen LogP contribution is 2.35. The van der Waals surface area contributed by atoms with E-state index in [-0.39, 0.29) is 6.04 Å². The molecule has 2 heteroatoms. The van der Waals surface area contributed by atoms with Gasteiger partial charge in [-0.15, -0.1) is 0 Å². The molecule has 0 bridgehead atoms. The molecule has 2 atom stereocenters. The van der Waals surface area contributed by atoms with Gasteiger partial charge in [0.15, 0.2) is 0 Å². The minimum Gasteiger partial charge on any atom is -0.388 e. The Morgan fingerprint density at radius 3 is 2.33 bits per heavy atom. The highest BCUT2D eigenvalue weighted by Gasteiger charge is 2.41. The molecule has 0 heterocycles. The second-order valence-electron chi connectivity index (χ2n) is 4.86. The van der Waals surface area contributed by atoms with E-state index in [1.807, 2.05) is 6.92 Å². The van der Waals surface area contributed by atoms with Crippen molar-refractivity contribution in [1.29, 1.82) is 0 Å².